The second-order valence-electron chi connectivity index (χ2n) is 2.80. The zero-order valence-electron chi connectivity index (χ0n) is 7.12. The van der Waals surface area contributed by atoms with Gasteiger partial charge in [-0.1, -0.05) is 24.3 Å². The van der Waals surface area contributed by atoms with Gasteiger partial charge >= 0.3 is 6.18 Å². The minimum absolute atomic E-state index is 0.0809. The van der Waals surface area contributed by atoms with Gasteiger partial charge < -0.3 is 10.2 Å². The molecule has 0 heterocycles. The molecule has 0 saturated carbocycles. The van der Waals surface area contributed by atoms with Crippen LogP contribution in [0, 0.1) is 0 Å². The summed E-state index contributed by atoms with van der Waals surface area (Å²) < 4.78 is 36.4. The molecule has 1 atom stereocenters. The lowest BCUT2D eigenvalue weighted by Crippen LogP contribution is -2.21. The molecule has 14 heavy (non-hydrogen) atoms. The van der Waals surface area contributed by atoms with Crippen molar-refractivity contribution in [2.24, 2.45) is 0 Å². The van der Waals surface area contributed by atoms with E-state index in [1.54, 1.807) is 0 Å². The van der Waals surface area contributed by atoms with Crippen molar-refractivity contribution in [2.75, 3.05) is 0 Å². The van der Waals surface area contributed by atoms with E-state index in [9.17, 15) is 13.2 Å². The number of aliphatic hydroxyl groups excluding tert-OH is 2. The summed E-state index contributed by atoms with van der Waals surface area (Å²) in [6.45, 7) is -0.524. The van der Waals surface area contributed by atoms with Gasteiger partial charge in [0, 0.05) is 0 Å². The topological polar surface area (TPSA) is 40.5 Å². The normalized spacial score (nSPS) is 14.1. The van der Waals surface area contributed by atoms with E-state index in [0.717, 1.165) is 6.07 Å². The highest BCUT2D eigenvalue weighted by Crippen LogP contribution is 2.33. The standard InChI is InChI=1S/C9H9F3O2/c10-9(11,12)8(14)7-4-2-1-3-6(7)5-13/h1-4,8,13-14H,5H2/t8-/m0/s1. The van der Waals surface area contributed by atoms with E-state index >= 15 is 0 Å². The fraction of sp³-hybridized carbons (Fsp3) is 0.333. The lowest BCUT2D eigenvalue weighted by Gasteiger charge is -2.17. The Morgan fingerprint density at radius 1 is 1.21 bits per heavy atom. The molecule has 78 valence electrons. The summed E-state index contributed by atoms with van der Waals surface area (Å²) in [5.41, 5.74) is -0.222. The van der Waals surface area contributed by atoms with Crippen LogP contribution in [0.1, 0.15) is 17.2 Å². The second kappa shape index (κ2) is 3.98. The Labute approximate surface area is 78.6 Å². The molecule has 0 spiro atoms. The molecule has 0 fully saturated rings. The van der Waals surface area contributed by atoms with Gasteiger partial charge in [0.25, 0.3) is 0 Å². The van der Waals surface area contributed by atoms with Crippen LogP contribution in [0.15, 0.2) is 24.3 Å². The van der Waals surface area contributed by atoms with Crippen LogP contribution in [0.25, 0.3) is 0 Å². The number of hydrogen-bond donors (Lipinski definition) is 2. The van der Waals surface area contributed by atoms with E-state index < -0.39 is 18.9 Å². The number of aliphatic hydroxyl groups is 2. The Morgan fingerprint density at radius 3 is 2.29 bits per heavy atom. The third-order valence-corrected chi connectivity index (χ3v) is 1.83. The van der Waals surface area contributed by atoms with Crippen molar-refractivity contribution in [3.63, 3.8) is 0 Å². The highest BCUT2D eigenvalue weighted by molar-refractivity contribution is 5.29. The van der Waals surface area contributed by atoms with Crippen molar-refractivity contribution >= 4 is 0 Å². The predicted molar refractivity (Wildman–Crippen MR) is 43.4 cm³/mol. The highest BCUT2D eigenvalue weighted by Gasteiger charge is 2.40. The van der Waals surface area contributed by atoms with E-state index in [4.69, 9.17) is 10.2 Å². The first-order chi connectivity index (χ1) is 6.46. The third-order valence-electron chi connectivity index (χ3n) is 1.83. The van der Waals surface area contributed by atoms with Crippen LogP contribution in [0.3, 0.4) is 0 Å². The maximum atomic E-state index is 12.1. The summed E-state index contributed by atoms with van der Waals surface area (Å²) in [4.78, 5) is 0. The summed E-state index contributed by atoms with van der Waals surface area (Å²) in [6, 6.07) is 5.36. The van der Waals surface area contributed by atoms with Crippen LogP contribution in [0.2, 0.25) is 0 Å². The van der Waals surface area contributed by atoms with Crippen molar-refractivity contribution in [3.05, 3.63) is 35.4 Å². The van der Waals surface area contributed by atoms with Crippen molar-refractivity contribution in [1.82, 2.24) is 0 Å². The summed E-state index contributed by atoms with van der Waals surface area (Å²) in [5, 5.41) is 17.7. The number of hydrogen-bond acceptors (Lipinski definition) is 2. The number of halogens is 3. The molecule has 1 aromatic rings. The van der Waals surface area contributed by atoms with Crippen LogP contribution in [0.5, 0.6) is 0 Å². The van der Waals surface area contributed by atoms with E-state index in [2.05, 4.69) is 0 Å². The van der Waals surface area contributed by atoms with Gasteiger partial charge in [0.05, 0.1) is 6.61 Å². The molecule has 0 radical (unpaired) electrons. The Morgan fingerprint density at radius 2 is 1.79 bits per heavy atom. The molecular weight excluding hydrogens is 197 g/mol. The third kappa shape index (κ3) is 2.24. The molecule has 0 bridgehead atoms. The van der Waals surface area contributed by atoms with Gasteiger partial charge in [-0.05, 0) is 11.1 Å². The summed E-state index contributed by atoms with van der Waals surface area (Å²) in [7, 11) is 0. The average molecular weight is 206 g/mol. The molecule has 0 aromatic heterocycles. The molecule has 0 saturated heterocycles. The van der Waals surface area contributed by atoms with Gasteiger partial charge in [-0.3, -0.25) is 0 Å². The van der Waals surface area contributed by atoms with E-state index in [0.29, 0.717) is 0 Å². The van der Waals surface area contributed by atoms with Crippen LogP contribution in [0.4, 0.5) is 13.2 Å². The summed E-state index contributed by atoms with van der Waals surface area (Å²) >= 11 is 0. The average Bonchev–Trinajstić information content (AvgIpc) is 2.15. The van der Waals surface area contributed by atoms with Gasteiger partial charge in [0.1, 0.15) is 0 Å². The molecular formula is C9H9F3O2. The zero-order chi connectivity index (χ0) is 10.8. The molecule has 0 amide bonds. The fourth-order valence-electron chi connectivity index (χ4n) is 1.12. The molecule has 5 heteroatoms. The minimum Gasteiger partial charge on any atom is -0.392 e. The van der Waals surface area contributed by atoms with Gasteiger partial charge in [-0.2, -0.15) is 13.2 Å². The molecule has 0 aliphatic heterocycles. The smallest absolute Gasteiger partial charge is 0.392 e. The fourth-order valence-corrected chi connectivity index (χ4v) is 1.12. The number of alkyl halides is 3. The molecule has 0 aliphatic carbocycles. The maximum Gasteiger partial charge on any atom is 0.418 e. The molecule has 2 nitrogen and oxygen atoms in total. The van der Waals surface area contributed by atoms with Crippen LogP contribution >= 0.6 is 0 Å². The van der Waals surface area contributed by atoms with E-state index in [-0.39, 0.29) is 11.1 Å². The van der Waals surface area contributed by atoms with E-state index in [1.807, 2.05) is 0 Å². The monoisotopic (exact) mass is 206 g/mol. The predicted octanol–water partition coefficient (Wildman–Crippen LogP) is 1.77. The molecule has 2 N–H and O–H groups in total. The first-order valence-electron chi connectivity index (χ1n) is 3.90. The number of benzene rings is 1. The van der Waals surface area contributed by atoms with Crippen LogP contribution < -0.4 is 0 Å². The Kier molecular flexibility index (Phi) is 3.13. The van der Waals surface area contributed by atoms with Gasteiger partial charge in [0.15, 0.2) is 6.10 Å². The highest BCUT2D eigenvalue weighted by atomic mass is 19.4. The second-order valence-corrected chi connectivity index (χ2v) is 2.80. The zero-order valence-corrected chi connectivity index (χ0v) is 7.12. The largest absolute Gasteiger partial charge is 0.418 e. The Hall–Kier alpha value is -1.07. The summed E-state index contributed by atoms with van der Waals surface area (Å²) in [6.07, 6.45) is -7.24. The van der Waals surface area contributed by atoms with Crippen LogP contribution in [-0.4, -0.2) is 16.4 Å². The number of rotatable bonds is 2. The van der Waals surface area contributed by atoms with Crippen molar-refractivity contribution in [1.29, 1.82) is 0 Å². The van der Waals surface area contributed by atoms with Gasteiger partial charge in [-0.15, -0.1) is 0 Å². The quantitative estimate of drug-likeness (QED) is 0.774. The minimum atomic E-state index is -4.70. The summed E-state index contributed by atoms with van der Waals surface area (Å²) in [5.74, 6) is 0. The van der Waals surface area contributed by atoms with Crippen molar-refractivity contribution in [3.8, 4) is 0 Å². The molecule has 0 unspecified atom stereocenters. The maximum absolute atomic E-state index is 12.1. The lowest BCUT2D eigenvalue weighted by molar-refractivity contribution is -0.207. The molecule has 0 aliphatic rings. The van der Waals surface area contributed by atoms with Crippen molar-refractivity contribution in [2.45, 2.75) is 18.9 Å². The SMILES string of the molecule is OCc1ccccc1[C@H](O)C(F)(F)F. The van der Waals surface area contributed by atoms with E-state index in [1.165, 1.54) is 18.2 Å². The first kappa shape index (κ1) is 11.0. The Bertz CT molecular complexity index is 309. The molecule has 1 aromatic carbocycles. The van der Waals surface area contributed by atoms with Crippen LogP contribution in [-0.2, 0) is 6.61 Å². The van der Waals surface area contributed by atoms with Gasteiger partial charge in [0.2, 0.25) is 0 Å². The van der Waals surface area contributed by atoms with Crippen molar-refractivity contribution < 1.29 is 23.4 Å². The molecule has 1 rings (SSSR count). The van der Waals surface area contributed by atoms with Gasteiger partial charge in [-0.25, -0.2) is 0 Å². The Balaban J connectivity index is 3.06. The lowest BCUT2D eigenvalue weighted by atomic mass is 10.0. The first-order valence-corrected chi connectivity index (χ1v) is 3.90.